The van der Waals surface area contributed by atoms with E-state index in [1.54, 1.807) is 4.90 Å². The van der Waals surface area contributed by atoms with Crippen molar-refractivity contribution < 1.29 is 13.2 Å². The highest BCUT2D eigenvalue weighted by atomic mass is 79.9. The molecule has 1 aliphatic rings. The van der Waals surface area contributed by atoms with E-state index in [9.17, 15) is 13.2 Å². The number of halogens is 2. The fraction of sp³-hybridized carbons (Fsp3) is 0.462. The molecule has 7 heteroatoms. The maximum atomic E-state index is 12.0. The van der Waals surface area contributed by atoms with E-state index in [0.717, 1.165) is 16.6 Å². The number of aryl methyl sites for hydroxylation is 1. The summed E-state index contributed by atoms with van der Waals surface area (Å²) in [6, 6.07) is 5.84. The number of hydrogen-bond acceptors (Lipinski definition) is 3. The van der Waals surface area contributed by atoms with Crippen molar-refractivity contribution in [2.45, 2.75) is 19.8 Å². The standard InChI is InChI=1S/C13H15BrClNO3S/c1-2-9-3-4-12(11(14)5-9)16-7-10(6-13(16)17)8-20(15,18)19/h3-5,10H,2,6-8H2,1H3. The molecule has 1 aliphatic heterocycles. The molecule has 110 valence electrons. The largest absolute Gasteiger partial charge is 0.311 e. The average molecular weight is 381 g/mol. The Balaban J connectivity index is 2.20. The summed E-state index contributed by atoms with van der Waals surface area (Å²) in [5.74, 6) is -0.482. The first kappa shape index (κ1) is 15.8. The molecule has 1 amide bonds. The van der Waals surface area contributed by atoms with Crippen LogP contribution in [0.2, 0.25) is 0 Å². The Morgan fingerprint density at radius 1 is 1.45 bits per heavy atom. The molecule has 0 N–H and O–H groups in total. The van der Waals surface area contributed by atoms with E-state index in [2.05, 4.69) is 22.9 Å². The minimum absolute atomic E-state index is 0.0692. The van der Waals surface area contributed by atoms with E-state index in [1.165, 1.54) is 5.56 Å². The highest BCUT2D eigenvalue weighted by molar-refractivity contribution is 9.10. The molecule has 1 fully saturated rings. The van der Waals surface area contributed by atoms with Crippen LogP contribution in [0.1, 0.15) is 18.9 Å². The molecule has 20 heavy (non-hydrogen) atoms. The summed E-state index contributed by atoms with van der Waals surface area (Å²) in [6.45, 7) is 2.44. The minimum atomic E-state index is -3.58. The predicted octanol–water partition coefficient (Wildman–Crippen LogP) is 2.93. The third-order valence-electron chi connectivity index (χ3n) is 3.35. The Labute approximate surface area is 131 Å². The van der Waals surface area contributed by atoms with Gasteiger partial charge in [0.25, 0.3) is 0 Å². The van der Waals surface area contributed by atoms with Gasteiger partial charge in [0, 0.05) is 34.0 Å². The first-order chi connectivity index (χ1) is 9.30. The molecule has 0 saturated carbocycles. The molecule has 0 radical (unpaired) electrons. The van der Waals surface area contributed by atoms with Crippen molar-refractivity contribution in [3.63, 3.8) is 0 Å². The lowest BCUT2D eigenvalue weighted by atomic mass is 10.1. The van der Waals surface area contributed by atoms with Crippen LogP contribution in [0.15, 0.2) is 22.7 Å². The van der Waals surface area contributed by atoms with Crippen molar-refractivity contribution in [2.75, 3.05) is 17.2 Å². The van der Waals surface area contributed by atoms with Gasteiger partial charge in [0.1, 0.15) is 0 Å². The fourth-order valence-corrected chi connectivity index (χ4v) is 4.36. The number of rotatable bonds is 4. The van der Waals surface area contributed by atoms with Crippen molar-refractivity contribution in [1.82, 2.24) is 0 Å². The summed E-state index contributed by atoms with van der Waals surface area (Å²) in [5, 5.41) is 0. The summed E-state index contributed by atoms with van der Waals surface area (Å²) in [7, 11) is 1.68. The first-order valence-electron chi connectivity index (χ1n) is 6.31. The highest BCUT2D eigenvalue weighted by Crippen LogP contribution is 2.33. The van der Waals surface area contributed by atoms with Crippen LogP contribution in [0.3, 0.4) is 0 Å². The fourth-order valence-electron chi connectivity index (χ4n) is 2.40. The second-order valence-electron chi connectivity index (χ2n) is 4.92. The summed E-state index contributed by atoms with van der Waals surface area (Å²) in [5.41, 5.74) is 1.95. The quantitative estimate of drug-likeness (QED) is 0.755. The highest BCUT2D eigenvalue weighted by Gasteiger charge is 2.33. The molecule has 1 unspecified atom stereocenters. The predicted molar refractivity (Wildman–Crippen MR) is 83.6 cm³/mol. The molecule has 1 aromatic carbocycles. The third kappa shape index (κ3) is 3.74. The van der Waals surface area contributed by atoms with E-state index >= 15 is 0 Å². The van der Waals surface area contributed by atoms with Gasteiger partial charge < -0.3 is 4.90 Å². The number of amides is 1. The summed E-state index contributed by atoms with van der Waals surface area (Å²) in [6.07, 6.45) is 1.13. The molecule has 1 saturated heterocycles. The third-order valence-corrected chi connectivity index (χ3v) is 5.23. The van der Waals surface area contributed by atoms with Gasteiger partial charge in [0.05, 0.1) is 11.4 Å². The van der Waals surface area contributed by atoms with Crippen LogP contribution in [0.4, 0.5) is 5.69 Å². The van der Waals surface area contributed by atoms with Gasteiger partial charge in [-0.25, -0.2) is 8.42 Å². The Morgan fingerprint density at radius 2 is 2.15 bits per heavy atom. The van der Waals surface area contributed by atoms with Crippen molar-refractivity contribution in [3.05, 3.63) is 28.2 Å². The second-order valence-corrected chi connectivity index (χ2v) is 8.60. The molecular formula is C13H15BrClNO3S. The average Bonchev–Trinajstić information content (AvgIpc) is 2.67. The summed E-state index contributed by atoms with van der Waals surface area (Å²) < 4.78 is 23.1. The summed E-state index contributed by atoms with van der Waals surface area (Å²) in [4.78, 5) is 13.7. The molecular weight excluding hydrogens is 366 g/mol. The molecule has 0 aliphatic carbocycles. The van der Waals surface area contributed by atoms with Gasteiger partial charge in [-0.05, 0) is 40.0 Å². The van der Waals surface area contributed by atoms with E-state index in [1.807, 2.05) is 18.2 Å². The van der Waals surface area contributed by atoms with Crippen molar-refractivity contribution in [2.24, 2.45) is 5.92 Å². The van der Waals surface area contributed by atoms with Crippen molar-refractivity contribution in [1.29, 1.82) is 0 Å². The Bertz CT molecular complexity index is 633. The minimum Gasteiger partial charge on any atom is -0.311 e. The van der Waals surface area contributed by atoms with Crippen LogP contribution >= 0.6 is 26.6 Å². The Hall–Kier alpha value is -0.590. The maximum absolute atomic E-state index is 12.0. The van der Waals surface area contributed by atoms with E-state index in [0.29, 0.717) is 6.54 Å². The van der Waals surface area contributed by atoms with Crippen molar-refractivity contribution >= 4 is 47.3 Å². The van der Waals surface area contributed by atoms with Crippen LogP contribution in [-0.4, -0.2) is 26.6 Å². The lowest BCUT2D eigenvalue weighted by Crippen LogP contribution is -2.25. The van der Waals surface area contributed by atoms with Crippen LogP contribution in [0.5, 0.6) is 0 Å². The Kier molecular flexibility index (Phi) is 4.76. The van der Waals surface area contributed by atoms with Crippen LogP contribution < -0.4 is 4.90 Å². The smallest absolute Gasteiger partial charge is 0.232 e. The summed E-state index contributed by atoms with van der Waals surface area (Å²) >= 11 is 3.47. The van der Waals surface area contributed by atoms with Gasteiger partial charge in [0.15, 0.2) is 0 Å². The molecule has 0 spiro atoms. The molecule has 1 atom stereocenters. The number of carbonyl (C=O) groups excluding carboxylic acids is 1. The number of anilines is 1. The van der Waals surface area contributed by atoms with E-state index < -0.39 is 9.05 Å². The number of hydrogen-bond donors (Lipinski definition) is 0. The number of benzene rings is 1. The van der Waals surface area contributed by atoms with Crippen LogP contribution in [-0.2, 0) is 20.3 Å². The number of nitrogens with zero attached hydrogens (tertiary/aromatic N) is 1. The SMILES string of the molecule is CCc1ccc(N2CC(CS(=O)(=O)Cl)CC2=O)c(Br)c1. The topological polar surface area (TPSA) is 54.5 Å². The molecule has 0 bridgehead atoms. The zero-order valence-corrected chi connectivity index (χ0v) is 14.1. The van der Waals surface area contributed by atoms with Gasteiger partial charge in [-0.3, -0.25) is 4.79 Å². The molecule has 2 rings (SSSR count). The zero-order valence-electron chi connectivity index (χ0n) is 11.0. The Morgan fingerprint density at radius 3 is 2.70 bits per heavy atom. The van der Waals surface area contributed by atoms with Crippen LogP contribution in [0, 0.1) is 5.92 Å². The van der Waals surface area contributed by atoms with Gasteiger partial charge in [0.2, 0.25) is 15.0 Å². The van der Waals surface area contributed by atoms with Gasteiger partial charge >= 0.3 is 0 Å². The molecule has 1 aromatic rings. The number of carbonyl (C=O) groups is 1. The lowest BCUT2D eigenvalue weighted by molar-refractivity contribution is -0.117. The van der Waals surface area contributed by atoms with Crippen molar-refractivity contribution in [3.8, 4) is 0 Å². The maximum Gasteiger partial charge on any atom is 0.232 e. The molecule has 4 nitrogen and oxygen atoms in total. The van der Waals surface area contributed by atoms with Crippen LogP contribution in [0.25, 0.3) is 0 Å². The van der Waals surface area contributed by atoms with Gasteiger partial charge in [-0.2, -0.15) is 0 Å². The lowest BCUT2D eigenvalue weighted by Gasteiger charge is -2.18. The second kappa shape index (κ2) is 6.03. The first-order valence-corrected chi connectivity index (χ1v) is 9.58. The molecule has 1 heterocycles. The molecule has 0 aromatic heterocycles. The monoisotopic (exact) mass is 379 g/mol. The zero-order chi connectivity index (χ0) is 14.9. The van der Waals surface area contributed by atoms with E-state index in [4.69, 9.17) is 10.7 Å². The van der Waals surface area contributed by atoms with Gasteiger partial charge in [-0.1, -0.05) is 13.0 Å². The van der Waals surface area contributed by atoms with Gasteiger partial charge in [-0.15, -0.1) is 0 Å². The normalized spacial score (nSPS) is 19.6. The van der Waals surface area contributed by atoms with E-state index in [-0.39, 0.29) is 24.0 Å².